The smallest absolute Gasteiger partial charge is 0.410 e. The van der Waals surface area contributed by atoms with E-state index in [1.54, 1.807) is 4.90 Å². The predicted molar refractivity (Wildman–Crippen MR) is 50.8 cm³/mol. The van der Waals surface area contributed by atoms with Crippen LogP contribution in [0, 0.1) is 0 Å². The first-order chi connectivity index (χ1) is 6.43. The molecule has 1 aliphatic rings. The lowest BCUT2D eigenvalue weighted by atomic mass is 10.0. The Balaban J connectivity index is 2.54. The second kappa shape index (κ2) is 3.86. The van der Waals surface area contributed by atoms with E-state index < -0.39 is 0 Å². The van der Waals surface area contributed by atoms with Crippen molar-refractivity contribution in [1.29, 1.82) is 0 Å². The van der Waals surface area contributed by atoms with E-state index >= 15 is 0 Å². The van der Waals surface area contributed by atoms with E-state index in [-0.39, 0.29) is 17.5 Å². The quantitative estimate of drug-likeness (QED) is 0.715. The molecule has 0 aromatic heterocycles. The first-order valence-corrected chi connectivity index (χ1v) is 4.62. The van der Waals surface area contributed by atoms with Crippen molar-refractivity contribution in [2.45, 2.75) is 26.3 Å². The van der Waals surface area contributed by atoms with Crippen molar-refractivity contribution in [2.75, 3.05) is 19.7 Å². The van der Waals surface area contributed by atoms with Crippen LogP contribution in [0.15, 0.2) is 0 Å². The minimum atomic E-state index is -0.390. The highest BCUT2D eigenvalue weighted by Crippen LogP contribution is 2.18. The molecular formula is C9H16N2O3. The third kappa shape index (κ3) is 2.37. The molecular weight excluding hydrogens is 184 g/mol. The van der Waals surface area contributed by atoms with Crippen molar-refractivity contribution in [3.05, 3.63) is 0 Å². The summed E-state index contributed by atoms with van der Waals surface area (Å²) in [6, 6.07) is 0. The second-order valence-corrected chi connectivity index (χ2v) is 3.99. The van der Waals surface area contributed by atoms with Crippen LogP contribution in [-0.2, 0) is 9.53 Å². The van der Waals surface area contributed by atoms with Gasteiger partial charge in [-0.2, -0.15) is 0 Å². The van der Waals surface area contributed by atoms with Gasteiger partial charge in [0.2, 0.25) is 5.91 Å². The van der Waals surface area contributed by atoms with Gasteiger partial charge in [0.25, 0.3) is 0 Å². The monoisotopic (exact) mass is 200 g/mol. The van der Waals surface area contributed by atoms with Crippen LogP contribution in [0.5, 0.6) is 0 Å². The minimum Gasteiger partial charge on any atom is -0.448 e. The van der Waals surface area contributed by atoms with Gasteiger partial charge in [0.15, 0.2) is 0 Å². The molecule has 1 aliphatic heterocycles. The number of hydrogen-bond donors (Lipinski definition) is 1. The molecule has 1 heterocycles. The Labute approximate surface area is 83.4 Å². The van der Waals surface area contributed by atoms with Gasteiger partial charge in [-0.15, -0.1) is 0 Å². The standard InChI is InChI=1S/C9H16N2O3/c1-7(12)10-6-9(2,3)11-4-5-14-8(11)13/h4-6H2,1-3H3,(H,10,12). The van der Waals surface area contributed by atoms with E-state index in [2.05, 4.69) is 5.32 Å². The van der Waals surface area contributed by atoms with E-state index in [4.69, 9.17) is 4.74 Å². The second-order valence-electron chi connectivity index (χ2n) is 3.99. The molecule has 0 atom stereocenters. The Hall–Kier alpha value is -1.26. The van der Waals surface area contributed by atoms with Gasteiger partial charge in [-0.25, -0.2) is 4.79 Å². The number of carbonyl (C=O) groups is 2. The van der Waals surface area contributed by atoms with Gasteiger partial charge in [0.05, 0.1) is 12.1 Å². The lowest BCUT2D eigenvalue weighted by molar-refractivity contribution is -0.119. The Morgan fingerprint density at radius 3 is 2.71 bits per heavy atom. The third-order valence-corrected chi connectivity index (χ3v) is 2.26. The largest absolute Gasteiger partial charge is 0.448 e. The highest BCUT2D eigenvalue weighted by Gasteiger charge is 2.35. The van der Waals surface area contributed by atoms with Crippen LogP contribution in [0.25, 0.3) is 0 Å². The number of ether oxygens (including phenoxy) is 1. The summed E-state index contributed by atoms with van der Waals surface area (Å²) in [4.78, 5) is 23.6. The molecule has 1 rings (SSSR count). The number of amides is 2. The SMILES string of the molecule is CC(=O)NCC(C)(C)N1CCOC1=O. The Kier molecular flexibility index (Phi) is 2.98. The van der Waals surface area contributed by atoms with E-state index in [1.165, 1.54) is 6.92 Å². The van der Waals surface area contributed by atoms with Gasteiger partial charge in [-0.3, -0.25) is 9.69 Å². The molecule has 0 radical (unpaired) electrons. The zero-order valence-electron chi connectivity index (χ0n) is 8.79. The van der Waals surface area contributed by atoms with Crippen molar-refractivity contribution in [1.82, 2.24) is 10.2 Å². The average Bonchev–Trinajstić information content (AvgIpc) is 2.48. The van der Waals surface area contributed by atoms with Crippen molar-refractivity contribution in [2.24, 2.45) is 0 Å². The van der Waals surface area contributed by atoms with Crippen LogP contribution in [0.2, 0.25) is 0 Å². The van der Waals surface area contributed by atoms with Crippen LogP contribution in [-0.4, -0.2) is 42.1 Å². The Bertz CT molecular complexity index is 250. The minimum absolute atomic E-state index is 0.0920. The molecule has 14 heavy (non-hydrogen) atoms. The summed E-state index contributed by atoms with van der Waals surface area (Å²) in [5, 5.41) is 2.69. The van der Waals surface area contributed by atoms with Crippen molar-refractivity contribution < 1.29 is 14.3 Å². The van der Waals surface area contributed by atoms with Gasteiger partial charge >= 0.3 is 6.09 Å². The number of hydrogen-bond acceptors (Lipinski definition) is 3. The molecule has 1 N–H and O–H groups in total. The molecule has 80 valence electrons. The lowest BCUT2D eigenvalue weighted by Crippen LogP contribution is -2.51. The average molecular weight is 200 g/mol. The molecule has 1 fully saturated rings. The van der Waals surface area contributed by atoms with Crippen LogP contribution < -0.4 is 5.32 Å². The van der Waals surface area contributed by atoms with Gasteiger partial charge < -0.3 is 10.1 Å². The maximum atomic E-state index is 11.3. The van der Waals surface area contributed by atoms with Gasteiger partial charge in [-0.1, -0.05) is 0 Å². The molecule has 2 amide bonds. The van der Waals surface area contributed by atoms with Crippen LogP contribution in [0.4, 0.5) is 4.79 Å². The highest BCUT2D eigenvalue weighted by atomic mass is 16.6. The van der Waals surface area contributed by atoms with Crippen molar-refractivity contribution >= 4 is 12.0 Å². The first-order valence-electron chi connectivity index (χ1n) is 4.62. The Morgan fingerprint density at radius 1 is 1.64 bits per heavy atom. The van der Waals surface area contributed by atoms with E-state index in [0.29, 0.717) is 19.7 Å². The Morgan fingerprint density at radius 2 is 2.29 bits per heavy atom. The fourth-order valence-electron chi connectivity index (χ4n) is 1.38. The van der Waals surface area contributed by atoms with Crippen molar-refractivity contribution in [3.8, 4) is 0 Å². The van der Waals surface area contributed by atoms with Gasteiger partial charge in [-0.05, 0) is 13.8 Å². The molecule has 0 unspecified atom stereocenters. The molecule has 1 saturated heterocycles. The molecule has 5 nitrogen and oxygen atoms in total. The molecule has 0 saturated carbocycles. The van der Waals surface area contributed by atoms with Crippen molar-refractivity contribution in [3.63, 3.8) is 0 Å². The number of rotatable bonds is 3. The molecule has 0 bridgehead atoms. The normalized spacial score (nSPS) is 16.8. The zero-order valence-corrected chi connectivity index (χ0v) is 8.79. The van der Waals surface area contributed by atoms with Crippen LogP contribution in [0.3, 0.4) is 0 Å². The van der Waals surface area contributed by atoms with Crippen LogP contribution in [0.1, 0.15) is 20.8 Å². The summed E-state index contributed by atoms with van der Waals surface area (Å²) in [5.41, 5.74) is -0.390. The topological polar surface area (TPSA) is 58.6 Å². The number of cyclic esters (lactones) is 1. The molecule has 5 heteroatoms. The summed E-state index contributed by atoms with van der Waals surface area (Å²) in [6.45, 7) is 6.72. The van der Waals surface area contributed by atoms with E-state index in [1.807, 2.05) is 13.8 Å². The zero-order chi connectivity index (χ0) is 10.8. The number of nitrogens with one attached hydrogen (secondary N) is 1. The molecule has 0 aromatic carbocycles. The number of carbonyl (C=O) groups excluding carboxylic acids is 2. The molecule has 0 spiro atoms. The summed E-state index contributed by atoms with van der Waals surface area (Å²) < 4.78 is 4.83. The molecule has 0 aromatic rings. The lowest BCUT2D eigenvalue weighted by Gasteiger charge is -2.33. The fourth-order valence-corrected chi connectivity index (χ4v) is 1.38. The van der Waals surface area contributed by atoms with Gasteiger partial charge in [0, 0.05) is 13.5 Å². The van der Waals surface area contributed by atoms with E-state index in [0.717, 1.165) is 0 Å². The molecule has 0 aliphatic carbocycles. The summed E-state index contributed by atoms with van der Waals surface area (Å²) in [7, 11) is 0. The first kappa shape index (κ1) is 10.8. The predicted octanol–water partition coefficient (Wildman–Crippen LogP) is 0.353. The van der Waals surface area contributed by atoms with E-state index in [9.17, 15) is 9.59 Å². The van der Waals surface area contributed by atoms with Crippen LogP contribution >= 0.6 is 0 Å². The summed E-state index contributed by atoms with van der Waals surface area (Å²) in [5.74, 6) is -0.0920. The summed E-state index contributed by atoms with van der Waals surface area (Å²) in [6.07, 6.45) is -0.305. The maximum absolute atomic E-state index is 11.3. The highest BCUT2D eigenvalue weighted by molar-refractivity contribution is 5.73. The van der Waals surface area contributed by atoms with Gasteiger partial charge in [0.1, 0.15) is 6.61 Å². The third-order valence-electron chi connectivity index (χ3n) is 2.26. The fraction of sp³-hybridized carbons (Fsp3) is 0.778. The number of nitrogens with zero attached hydrogens (tertiary/aromatic N) is 1. The maximum Gasteiger partial charge on any atom is 0.410 e. The summed E-state index contributed by atoms with van der Waals surface area (Å²) >= 11 is 0.